The molecule has 0 saturated heterocycles. The second-order valence-corrected chi connectivity index (χ2v) is 10.5. The third kappa shape index (κ3) is 6.33. The molecule has 0 aliphatic rings. The number of esters is 1. The van der Waals surface area contributed by atoms with Crippen molar-refractivity contribution in [3.8, 4) is 0 Å². The molecule has 0 saturated carbocycles. The third-order valence-corrected chi connectivity index (χ3v) is 7.06. The van der Waals surface area contributed by atoms with E-state index in [4.69, 9.17) is 4.74 Å². The summed E-state index contributed by atoms with van der Waals surface area (Å²) in [7, 11) is -4.49. The largest absolute Gasteiger partial charge is 0.456 e. The Kier molecular flexibility index (Phi) is 8.25. The van der Waals surface area contributed by atoms with Gasteiger partial charge in [0.05, 0.1) is 10.5 Å². The summed E-state index contributed by atoms with van der Waals surface area (Å²) in [6, 6.07) is 7.33. The summed E-state index contributed by atoms with van der Waals surface area (Å²) in [5.74, 6) is -1.64. The summed E-state index contributed by atoms with van der Waals surface area (Å²) in [5.41, 5.74) is 1.02. The number of benzene rings is 2. The van der Waals surface area contributed by atoms with Gasteiger partial charge in [0.2, 0.25) is 15.8 Å². The molecule has 0 aliphatic heterocycles. The van der Waals surface area contributed by atoms with E-state index < -0.39 is 51.1 Å². The molecule has 1 heterocycles. The van der Waals surface area contributed by atoms with Gasteiger partial charge >= 0.3 is 12.1 Å². The van der Waals surface area contributed by atoms with Crippen molar-refractivity contribution in [2.75, 3.05) is 6.61 Å². The topological polar surface area (TPSA) is 105 Å². The number of aromatic amines is 1. The molecular weight excluding hydrogens is 497 g/mol. The number of ketones is 1. The molecule has 0 amide bonds. The van der Waals surface area contributed by atoms with Crippen LogP contribution < -0.4 is 4.72 Å². The van der Waals surface area contributed by atoms with Gasteiger partial charge in [-0.15, -0.1) is 0 Å². The van der Waals surface area contributed by atoms with E-state index >= 15 is 0 Å². The summed E-state index contributed by atoms with van der Waals surface area (Å²) in [5, 5.41) is 0.680. The first kappa shape index (κ1) is 27.4. The van der Waals surface area contributed by atoms with Gasteiger partial charge in [0.15, 0.2) is 6.61 Å². The Hall–Kier alpha value is -3.18. The molecule has 3 aromatic rings. The SMILES string of the molecule is CCc1cccc2c(C(=O)COC(=O)[C@H](CC(C)C)NS(=O)(=O)c3cccc(C(F)(F)F)c3)c[nH]c12. The molecule has 3 rings (SSSR count). The van der Waals surface area contributed by atoms with E-state index in [1.54, 1.807) is 19.9 Å². The van der Waals surface area contributed by atoms with Gasteiger partial charge in [-0.3, -0.25) is 9.59 Å². The van der Waals surface area contributed by atoms with Crippen molar-refractivity contribution in [3.63, 3.8) is 0 Å². The molecule has 194 valence electrons. The summed E-state index contributed by atoms with van der Waals surface area (Å²) in [6.45, 7) is 4.83. The van der Waals surface area contributed by atoms with Crippen LogP contribution in [-0.4, -0.2) is 37.8 Å². The maximum atomic E-state index is 13.0. The van der Waals surface area contributed by atoms with Crippen LogP contribution in [0.15, 0.2) is 53.6 Å². The highest BCUT2D eigenvalue weighted by Crippen LogP contribution is 2.30. The van der Waals surface area contributed by atoms with Crippen LogP contribution in [-0.2, 0) is 32.2 Å². The van der Waals surface area contributed by atoms with Crippen molar-refractivity contribution < 1.29 is 35.9 Å². The molecular formula is C25H27F3N2O5S. The highest BCUT2D eigenvalue weighted by molar-refractivity contribution is 7.89. The number of fused-ring (bicyclic) bond motifs is 1. The monoisotopic (exact) mass is 524 g/mol. The van der Waals surface area contributed by atoms with Crippen LogP contribution in [0.1, 0.15) is 48.7 Å². The second-order valence-electron chi connectivity index (χ2n) is 8.76. The van der Waals surface area contributed by atoms with E-state index in [0.29, 0.717) is 17.0 Å². The molecule has 0 unspecified atom stereocenters. The van der Waals surface area contributed by atoms with E-state index in [9.17, 15) is 31.2 Å². The minimum Gasteiger partial charge on any atom is -0.456 e. The van der Waals surface area contributed by atoms with Crippen LogP contribution in [0.4, 0.5) is 13.2 Å². The molecule has 2 aromatic carbocycles. The van der Waals surface area contributed by atoms with Crippen LogP contribution in [0, 0.1) is 5.92 Å². The molecule has 1 aromatic heterocycles. The molecule has 11 heteroatoms. The lowest BCUT2D eigenvalue weighted by atomic mass is 10.0. The third-order valence-electron chi connectivity index (χ3n) is 5.59. The van der Waals surface area contributed by atoms with Gasteiger partial charge in [0.1, 0.15) is 6.04 Å². The Morgan fingerprint density at radius 2 is 1.81 bits per heavy atom. The van der Waals surface area contributed by atoms with Crippen LogP contribution in [0.5, 0.6) is 0 Å². The molecule has 0 fully saturated rings. The van der Waals surface area contributed by atoms with E-state index in [1.807, 2.05) is 19.1 Å². The fourth-order valence-corrected chi connectivity index (χ4v) is 5.06. The summed E-state index contributed by atoms with van der Waals surface area (Å²) in [4.78, 5) is 27.9. The summed E-state index contributed by atoms with van der Waals surface area (Å²) in [6.07, 6.45) is -2.44. The number of para-hydroxylation sites is 1. The van der Waals surface area contributed by atoms with Gasteiger partial charge < -0.3 is 9.72 Å². The zero-order valence-corrected chi connectivity index (χ0v) is 20.8. The highest BCUT2D eigenvalue weighted by atomic mass is 32.2. The number of hydrogen-bond acceptors (Lipinski definition) is 5. The van der Waals surface area contributed by atoms with Crippen molar-refractivity contribution >= 4 is 32.7 Å². The Balaban J connectivity index is 1.76. The number of rotatable bonds is 10. The number of ether oxygens (including phenoxy) is 1. The predicted octanol–water partition coefficient (Wildman–Crippen LogP) is 4.87. The number of aromatic nitrogens is 1. The molecule has 36 heavy (non-hydrogen) atoms. The Bertz CT molecular complexity index is 1360. The first-order valence-electron chi connectivity index (χ1n) is 11.3. The van der Waals surface area contributed by atoms with E-state index in [1.165, 1.54) is 6.20 Å². The van der Waals surface area contributed by atoms with Crippen molar-refractivity contribution in [1.82, 2.24) is 9.71 Å². The Labute approximate surface area is 207 Å². The van der Waals surface area contributed by atoms with Crippen LogP contribution >= 0.6 is 0 Å². The molecule has 1 atom stereocenters. The van der Waals surface area contributed by atoms with Gasteiger partial charge in [0, 0.05) is 22.7 Å². The molecule has 0 aliphatic carbocycles. The first-order chi connectivity index (χ1) is 16.8. The molecule has 7 nitrogen and oxygen atoms in total. The van der Waals surface area contributed by atoms with Crippen molar-refractivity contribution in [3.05, 3.63) is 65.4 Å². The predicted molar refractivity (Wildman–Crippen MR) is 128 cm³/mol. The number of aryl methyl sites for hydroxylation is 1. The summed E-state index contributed by atoms with van der Waals surface area (Å²) >= 11 is 0. The second kappa shape index (κ2) is 10.8. The quantitative estimate of drug-likeness (QED) is 0.291. The van der Waals surface area contributed by atoms with Gasteiger partial charge in [-0.25, -0.2) is 8.42 Å². The smallest absolute Gasteiger partial charge is 0.416 e. The number of H-pyrrole nitrogens is 1. The standard InChI is InChI=1S/C25H27F3N2O5S/c1-4-16-7-5-10-19-20(13-29-23(16)19)22(31)14-35-24(32)21(11-15(2)3)30-36(33,34)18-9-6-8-17(12-18)25(26,27)28/h5-10,12-13,15,21,29-30H,4,11,14H2,1-3H3/t21-/m0/s1. The van der Waals surface area contributed by atoms with Crippen LogP contribution in [0.3, 0.4) is 0 Å². The number of carbonyl (C=O) groups is 2. The van der Waals surface area contributed by atoms with Gasteiger partial charge in [0.25, 0.3) is 0 Å². The number of alkyl halides is 3. The van der Waals surface area contributed by atoms with E-state index in [2.05, 4.69) is 9.71 Å². The lowest BCUT2D eigenvalue weighted by Crippen LogP contribution is -2.43. The van der Waals surface area contributed by atoms with Gasteiger partial charge in [-0.05, 0) is 42.5 Å². The Morgan fingerprint density at radius 1 is 1.11 bits per heavy atom. The van der Waals surface area contributed by atoms with Crippen molar-refractivity contribution in [2.45, 2.75) is 50.7 Å². The van der Waals surface area contributed by atoms with Crippen LogP contribution in [0.2, 0.25) is 0 Å². The fraction of sp³-hybridized carbons (Fsp3) is 0.360. The minimum absolute atomic E-state index is 0.0121. The van der Waals surface area contributed by atoms with Crippen molar-refractivity contribution in [2.24, 2.45) is 5.92 Å². The average molecular weight is 525 g/mol. The van der Waals surface area contributed by atoms with E-state index in [0.717, 1.165) is 35.7 Å². The molecule has 0 spiro atoms. The zero-order valence-electron chi connectivity index (χ0n) is 20.0. The van der Waals surface area contributed by atoms with Gasteiger partial charge in [-0.2, -0.15) is 17.9 Å². The zero-order chi connectivity index (χ0) is 26.7. The highest BCUT2D eigenvalue weighted by Gasteiger charge is 2.33. The number of hydrogen-bond donors (Lipinski definition) is 2. The number of nitrogens with one attached hydrogen (secondary N) is 2. The fourth-order valence-electron chi connectivity index (χ4n) is 3.82. The number of carbonyl (C=O) groups excluding carboxylic acids is 2. The maximum absolute atomic E-state index is 13.0. The normalized spacial score (nSPS) is 13.2. The molecule has 0 bridgehead atoms. The molecule has 2 N–H and O–H groups in total. The molecule has 0 radical (unpaired) electrons. The average Bonchev–Trinajstić information content (AvgIpc) is 3.25. The minimum atomic E-state index is -4.73. The Morgan fingerprint density at radius 3 is 2.44 bits per heavy atom. The van der Waals surface area contributed by atoms with E-state index in [-0.39, 0.29) is 12.3 Å². The lowest BCUT2D eigenvalue weighted by molar-refractivity contribution is -0.145. The number of Topliss-reactive ketones (excluding diaryl/α,β-unsaturated/α-hetero) is 1. The summed E-state index contributed by atoms with van der Waals surface area (Å²) < 4.78 is 71.9. The van der Waals surface area contributed by atoms with Gasteiger partial charge in [-0.1, -0.05) is 45.0 Å². The van der Waals surface area contributed by atoms with Crippen LogP contribution in [0.25, 0.3) is 10.9 Å². The maximum Gasteiger partial charge on any atom is 0.416 e. The van der Waals surface area contributed by atoms with Crippen molar-refractivity contribution in [1.29, 1.82) is 0 Å². The number of sulfonamides is 1. The first-order valence-corrected chi connectivity index (χ1v) is 12.8. The number of halogens is 3. The lowest BCUT2D eigenvalue weighted by Gasteiger charge is -2.19.